The lowest BCUT2D eigenvalue weighted by Gasteiger charge is -2.24. The summed E-state index contributed by atoms with van der Waals surface area (Å²) in [6, 6.07) is 0.122. The van der Waals surface area contributed by atoms with Crippen molar-refractivity contribution in [2.24, 2.45) is 16.5 Å². The van der Waals surface area contributed by atoms with Gasteiger partial charge in [0.25, 0.3) is 0 Å². The highest BCUT2D eigenvalue weighted by Gasteiger charge is 2.25. The number of carbonyl (C=O) groups is 1. The number of hydrogen-bond donors (Lipinski definition) is 3. The molecule has 12 nitrogen and oxygen atoms in total. The van der Waals surface area contributed by atoms with Gasteiger partial charge >= 0.3 is 11.9 Å². The van der Waals surface area contributed by atoms with Gasteiger partial charge in [0.15, 0.2) is 23.3 Å². The highest BCUT2D eigenvalue weighted by Crippen LogP contribution is 2.35. The Hall–Kier alpha value is -3.96. The Morgan fingerprint density at radius 2 is 1.80 bits per heavy atom. The molecule has 1 aliphatic heterocycles. The third kappa shape index (κ3) is 4.37. The molecule has 0 spiro atoms. The fraction of sp³-hybridized carbons (Fsp3) is 0.333. The van der Waals surface area contributed by atoms with Crippen molar-refractivity contribution in [3.05, 3.63) is 24.0 Å². The number of aliphatic imine (C=N–C) groups is 1. The van der Waals surface area contributed by atoms with E-state index in [-0.39, 0.29) is 23.4 Å². The van der Waals surface area contributed by atoms with Gasteiger partial charge in [-0.15, -0.1) is 0 Å². The van der Waals surface area contributed by atoms with Crippen LogP contribution in [0.15, 0.2) is 23.3 Å². The number of guanidine groups is 1. The van der Waals surface area contributed by atoms with Crippen LogP contribution in [0, 0.1) is 0 Å². The summed E-state index contributed by atoms with van der Waals surface area (Å²) in [5.74, 6) is -0.622. The monoisotopic (exact) mass is 413 g/mol. The number of ether oxygens (including phenoxy) is 2. The van der Waals surface area contributed by atoms with Crippen LogP contribution < -0.4 is 31.6 Å². The van der Waals surface area contributed by atoms with Gasteiger partial charge < -0.3 is 31.6 Å². The van der Waals surface area contributed by atoms with E-state index in [4.69, 9.17) is 26.7 Å². The molecule has 30 heavy (non-hydrogen) atoms. The third-order valence-electron chi connectivity index (χ3n) is 4.30. The second-order valence-electron chi connectivity index (χ2n) is 6.29. The molecule has 2 aromatic heterocycles. The zero-order valence-corrected chi connectivity index (χ0v) is 16.7. The van der Waals surface area contributed by atoms with Crippen LogP contribution in [0.25, 0.3) is 11.3 Å². The first-order chi connectivity index (χ1) is 14.4. The minimum absolute atomic E-state index is 0.0886. The Bertz CT molecular complexity index is 993. The molecule has 0 unspecified atom stereocenters. The van der Waals surface area contributed by atoms with Crippen LogP contribution in [0.2, 0.25) is 0 Å². The molecule has 0 saturated heterocycles. The molecule has 0 radical (unpaired) electrons. The summed E-state index contributed by atoms with van der Waals surface area (Å²) in [6.45, 7) is 1.39. The van der Waals surface area contributed by atoms with Gasteiger partial charge in [0.2, 0.25) is 5.88 Å². The minimum Gasteiger partial charge on any atom is -0.480 e. The van der Waals surface area contributed by atoms with E-state index >= 15 is 0 Å². The first-order valence-corrected chi connectivity index (χ1v) is 9.11. The topological polar surface area (TPSA) is 181 Å². The molecule has 12 heteroatoms. The molecule has 2 aromatic rings. The molecule has 1 aliphatic rings. The molecule has 0 bridgehead atoms. The van der Waals surface area contributed by atoms with Gasteiger partial charge in [0.05, 0.1) is 19.8 Å². The van der Waals surface area contributed by atoms with Gasteiger partial charge in [-0.05, 0) is 12.8 Å². The predicted octanol–water partition coefficient (Wildman–Crippen LogP) is 0.103. The van der Waals surface area contributed by atoms with E-state index in [0.29, 0.717) is 30.2 Å². The van der Waals surface area contributed by atoms with Crippen molar-refractivity contribution in [2.45, 2.75) is 12.8 Å². The Labute approximate surface area is 172 Å². The highest BCUT2D eigenvalue weighted by molar-refractivity contribution is 6.04. The van der Waals surface area contributed by atoms with Crippen LogP contribution in [0.5, 0.6) is 11.9 Å². The molecule has 1 amide bonds. The van der Waals surface area contributed by atoms with E-state index < -0.39 is 11.9 Å². The van der Waals surface area contributed by atoms with E-state index in [1.807, 2.05) is 4.90 Å². The quantitative estimate of drug-likeness (QED) is 0.343. The molecule has 158 valence electrons. The van der Waals surface area contributed by atoms with Crippen molar-refractivity contribution in [1.29, 1.82) is 0 Å². The molecule has 0 fully saturated rings. The fourth-order valence-electron chi connectivity index (χ4n) is 2.96. The van der Waals surface area contributed by atoms with Crippen LogP contribution in [-0.2, 0) is 0 Å². The molecule has 0 aliphatic carbocycles. The van der Waals surface area contributed by atoms with Crippen LogP contribution in [0.4, 0.5) is 11.6 Å². The van der Waals surface area contributed by atoms with Crippen molar-refractivity contribution in [3.8, 4) is 23.1 Å². The van der Waals surface area contributed by atoms with E-state index in [1.54, 1.807) is 0 Å². The minimum atomic E-state index is -0.807. The number of methoxy groups -OCH3 is 2. The van der Waals surface area contributed by atoms with Gasteiger partial charge in [-0.2, -0.15) is 9.98 Å². The van der Waals surface area contributed by atoms with Crippen molar-refractivity contribution >= 4 is 23.5 Å². The summed E-state index contributed by atoms with van der Waals surface area (Å²) in [5.41, 5.74) is 17.2. The van der Waals surface area contributed by atoms with Gasteiger partial charge in [-0.3, -0.25) is 4.79 Å². The number of nitrogen functional groups attached to an aromatic ring is 1. The third-order valence-corrected chi connectivity index (χ3v) is 4.30. The maximum atomic E-state index is 12.4. The second-order valence-corrected chi connectivity index (χ2v) is 6.29. The van der Waals surface area contributed by atoms with Crippen molar-refractivity contribution < 1.29 is 14.3 Å². The molecule has 0 aromatic carbocycles. The van der Waals surface area contributed by atoms with E-state index in [9.17, 15) is 4.79 Å². The van der Waals surface area contributed by atoms with E-state index in [2.05, 4.69) is 37.1 Å². The number of nitrogens with zero attached hydrogens (tertiary/aromatic N) is 6. The first-order valence-electron chi connectivity index (χ1n) is 9.11. The smallest absolute Gasteiger partial charge is 0.319 e. The molecule has 6 N–H and O–H groups in total. The number of carbonyl (C=O) groups excluding carboxylic acids is 1. The number of anilines is 2. The lowest BCUT2D eigenvalue weighted by molar-refractivity contribution is 0.0998. The number of amides is 1. The van der Waals surface area contributed by atoms with E-state index in [0.717, 1.165) is 12.8 Å². The van der Waals surface area contributed by atoms with Gasteiger partial charge in [0, 0.05) is 19.3 Å². The van der Waals surface area contributed by atoms with Gasteiger partial charge in [0.1, 0.15) is 5.69 Å². The molecule has 0 saturated carbocycles. The average molecular weight is 413 g/mol. The summed E-state index contributed by atoms with van der Waals surface area (Å²) in [5, 5.41) is 0. The van der Waals surface area contributed by atoms with Gasteiger partial charge in [-0.25, -0.2) is 15.0 Å². The van der Waals surface area contributed by atoms with Crippen molar-refractivity contribution in [2.75, 3.05) is 37.9 Å². The standard InChI is InChI=1S/C18H23N9O3/c1-29-16-10(9-22-18(26-16)30-2)11-14(27-7-5-3-4-6-8-27)24-13(19)12(23-11)15(28)25-17(20)21/h3-4,9H,5-8H2,1-2H3,(H2,19,24)(H4,20,21,25,28). The van der Waals surface area contributed by atoms with Crippen LogP contribution in [0.1, 0.15) is 23.3 Å². The maximum absolute atomic E-state index is 12.4. The number of aromatic nitrogens is 4. The fourth-order valence-corrected chi connectivity index (χ4v) is 2.96. The zero-order valence-electron chi connectivity index (χ0n) is 16.7. The summed E-state index contributed by atoms with van der Waals surface area (Å²) in [4.78, 5) is 35.2. The Morgan fingerprint density at radius 3 is 2.40 bits per heavy atom. The largest absolute Gasteiger partial charge is 0.480 e. The number of nitrogens with two attached hydrogens (primary N) is 3. The lowest BCUT2D eigenvalue weighted by Crippen LogP contribution is -2.28. The summed E-state index contributed by atoms with van der Waals surface area (Å²) < 4.78 is 10.4. The van der Waals surface area contributed by atoms with Crippen LogP contribution in [-0.4, -0.2) is 59.1 Å². The summed E-state index contributed by atoms with van der Waals surface area (Å²) >= 11 is 0. The molecule has 3 heterocycles. The molecular weight excluding hydrogens is 390 g/mol. The van der Waals surface area contributed by atoms with Gasteiger partial charge in [-0.1, -0.05) is 12.2 Å². The Balaban J connectivity index is 2.21. The summed E-state index contributed by atoms with van der Waals surface area (Å²) in [7, 11) is 2.90. The zero-order chi connectivity index (χ0) is 21.7. The molecule has 3 rings (SSSR count). The Morgan fingerprint density at radius 1 is 1.10 bits per heavy atom. The van der Waals surface area contributed by atoms with Crippen LogP contribution >= 0.6 is 0 Å². The second kappa shape index (κ2) is 9.03. The maximum Gasteiger partial charge on any atom is 0.319 e. The normalized spacial score (nSPS) is 13.5. The predicted molar refractivity (Wildman–Crippen MR) is 111 cm³/mol. The molecule has 0 atom stereocenters. The van der Waals surface area contributed by atoms with Crippen molar-refractivity contribution in [3.63, 3.8) is 0 Å². The van der Waals surface area contributed by atoms with E-state index in [1.165, 1.54) is 20.4 Å². The average Bonchev–Trinajstić information content (AvgIpc) is 3.02. The van der Waals surface area contributed by atoms with Crippen molar-refractivity contribution in [1.82, 2.24) is 19.9 Å². The number of hydrogen-bond acceptors (Lipinski definition) is 9. The Kier molecular flexibility index (Phi) is 6.25. The lowest BCUT2D eigenvalue weighted by atomic mass is 10.2. The van der Waals surface area contributed by atoms with Crippen LogP contribution in [0.3, 0.4) is 0 Å². The summed E-state index contributed by atoms with van der Waals surface area (Å²) in [6.07, 6.45) is 7.34. The number of rotatable bonds is 5. The first kappa shape index (κ1) is 20.8. The highest BCUT2D eigenvalue weighted by atomic mass is 16.5. The SMILES string of the molecule is COc1ncc(-c2nc(C(=O)N=C(N)N)c(N)nc2N2CCC=CCC2)c(OC)n1. The molecular formula is C18H23N9O3.